The number of ether oxygens (including phenoxy) is 3. The lowest BCUT2D eigenvalue weighted by molar-refractivity contribution is 0.0322. The van der Waals surface area contributed by atoms with Crippen molar-refractivity contribution >= 4 is 11.6 Å². The van der Waals surface area contributed by atoms with E-state index in [1.54, 1.807) is 0 Å². The summed E-state index contributed by atoms with van der Waals surface area (Å²) in [4.78, 5) is 16.3. The minimum Gasteiger partial charge on any atom is -0.492 e. The summed E-state index contributed by atoms with van der Waals surface area (Å²) in [6.07, 6.45) is 11.0. The molecular weight excluding hydrogens is 466 g/mol. The number of benzene rings is 1. The minimum absolute atomic E-state index is 0.494. The molecule has 1 saturated heterocycles. The molecule has 37 heavy (non-hydrogen) atoms. The van der Waals surface area contributed by atoms with E-state index in [-0.39, 0.29) is 0 Å². The molecule has 2 aromatic heterocycles. The maximum Gasteiger partial charge on any atom is 0.227 e. The number of hydrogen-bond donors (Lipinski definition) is 1. The van der Waals surface area contributed by atoms with Gasteiger partial charge in [-0.25, -0.2) is 9.97 Å². The fourth-order valence-electron chi connectivity index (χ4n) is 4.53. The second-order valence-corrected chi connectivity index (χ2v) is 9.43. The zero-order valence-corrected chi connectivity index (χ0v) is 21.5. The molecule has 3 aromatic rings. The molecule has 6 bridgehead atoms. The number of hydrogen-bond acceptors (Lipinski definition) is 8. The lowest BCUT2D eigenvalue weighted by atomic mass is 10.1. The van der Waals surface area contributed by atoms with Gasteiger partial charge in [0.25, 0.3) is 0 Å². The molecule has 4 heterocycles. The van der Waals surface area contributed by atoms with Crippen LogP contribution in [0.1, 0.15) is 29.7 Å². The van der Waals surface area contributed by atoms with Gasteiger partial charge in [-0.1, -0.05) is 12.2 Å². The third-order valence-electron chi connectivity index (χ3n) is 6.52. The molecule has 2 aliphatic heterocycles. The van der Waals surface area contributed by atoms with Crippen LogP contribution in [0.3, 0.4) is 0 Å². The topological polar surface area (TPSA) is 81.6 Å². The lowest BCUT2D eigenvalue weighted by Crippen LogP contribution is -2.38. The van der Waals surface area contributed by atoms with Crippen LogP contribution in [0.25, 0.3) is 11.3 Å². The van der Waals surface area contributed by atoms with Crippen molar-refractivity contribution in [2.24, 2.45) is 0 Å². The number of rotatable bonds is 4. The first-order valence-corrected chi connectivity index (χ1v) is 13.1. The van der Waals surface area contributed by atoms with Crippen molar-refractivity contribution in [3.8, 4) is 17.0 Å². The summed E-state index contributed by atoms with van der Waals surface area (Å²) in [7, 11) is 0. The Morgan fingerprint density at radius 2 is 1.97 bits per heavy atom. The highest BCUT2D eigenvalue weighted by atomic mass is 16.5. The standard InChI is InChI=1S/C29H35N5O3/c1-22-20-31-29-32-26-16-23(17-27(19-26)37-15-11-34-9-13-35-14-10-34)21-36-12-5-3-2-4-6-25-18-24(7-8-30-25)28(22)33-29/h3,5,7-8,16-20H,2,4,6,9-15,21H2,1H3,(H,31,32,33)/b5-3+. The molecule has 0 aliphatic carbocycles. The second kappa shape index (κ2) is 12.8. The number of morpholine rings is 1. The van der Waals surface area contributed by atoms with Gasteiger partial charge in [0.05, 0.1) is 32.1 Å². The average Bonchev–Trinajstić information content (AvgIpc) is 2.91. The Bertz CT molecular complexity index is 1210. The summed E-state index contributed by atoms with van der Waals surface area (Å²) in [5.41, 5.74) is 5.95. The summed E-state index contributed by atoms with van der Waals surface area (Å²) in [6.45, 7) is 8.06. The van der Waals surface area contributed by atoms with E-state index in [4.69, 9.17) is 19.2 Å². The second-order valence-electron chi connectivity index (χ2n) is 9.43. The zero-order valence-electron chi connectivity index (χ0n) is 21.5. The van der Waals surface area contributed by atoms with Gasteiger partial charge in [0.1, 0.15) is 12.4 Å². The van der Waals surface area contributed by atoms with E-state index in [9.17, 15) is 0 Å². The molecule has 0 saturated carbocycles. The van der Waals surface area contributed by atoms with Crippen LogP contribution in [0.15, 0.2) is 54.9 Å². The van der Waals surface area contributed by atoms with Gasteiger partial charge in [-0.2, -0.15) is 0 Å². The van der Waals surface area contributed by atoms with Gasteiger partial charge < -0.3 is 19.5 Å². The Kier molecular flexibility index (Phi) is 8.74. The van der Waals surface area contributed by atoms with Gasteiger partial charge in [0.15, 0.2) is 0 Å². The van der Waals surface area contributed by atoms with E-state index < -0.39 is 0 Å². The largest absolute Gasteiger partial charge is 0.492 e. The van der Waals surface area contributed by atoms with Crippen molar-refractivity contribution in [1.82, 2.24) is 19.9 Å². The summed E-state index contributed by atoms with van der Waals surface area (Å²) < 4.78 is 17.5. The molecule has 5 rings (SSSR count). The van der Waals surface area contributed by atoms with Gasteiger partial charge in [0.2, 0.25) is 5.95 Å². The van der Waals surface area contributed by atoms with Crippen LogP contribution in [-0.4, -0.2) is 65.9 Å². The van der Waals surface area contributed by atoms with Crippen LogP contribution < -0.4 is 10.1 Å². The average molecular weight is 502 g/mol. The highest BCUT2D eigenvalue weighted by molar-refractivity contribution is 5.65. The molecule has 8 heteroatoms. The molecule has 194 valence electrons. The van der Waals surface area contributed by atoms with Gasteiger partial charge >= 0.3 is 0 Å². The lowest BCUT2D eigenvalue weighted by Gasteiger charge is -2.26. The first-order chi connectivity index (χ1) is 18.2. The first kappa shape index (κ1) is 25.3. The maximum absolute atomic E-state index is 6.17. The number of anilines is 2. The number of pyridine rings is 1. The summed E-state index contributed by atoms with van der Waals surface area (Å²) in [5, 5.41) is 3.39. The number of allylic oxidation sites excluding steroid dienone is 1. The number of nitrogens with one attached hydrogen (secondary N) is 1. The summed E-state index contributed by atoms with van der Waals surface area (Å²) in [5.74, 6) is 1.34. The molecule has 0 spiro atoms. The molecule has 8 nitrogen and oxygen atoms in total. The monoisotopic (exact) mass is 501 g/mol. The van der Waals surface area contributed by atoms with E-state index in [2.05, 4.69) is 44.5 Å². The highest BCUT2D eigenvalue weighted by Gasteiger charge is 2.12. The number of aryl methyl sites for hydroxylation is 2. The van der Waals surface area contributed by atoms with Crippen molar-refractivity contribution in [2.75, 3.05) is 51.4 Å². The van der Waals surface area contributed by atoms with Gasteiger partial charge in [-0.15, -0.1) is 0 Å². The fourth-order valence-corrected chi connectivity index (χ4v) is 4.53. The third kappa shape index (κ3) is 7.35. The predicted octanol–water partition coefficient (Wildman–Crippen LogP) is 4.71. The number of fused-ring (bicyclic) bond motifs is 7. The van der Waals surface area contributed by atoms with Crippen molar-refractivity contribution in [1.29, 1.82) is 0 Å². The van der Waals surface area contributed by atoms with Crippen LogP contribution in [0, 0.1) is 6.92 Å². The third-order valence-corrected chi connectivity index (χ3v) is 6.52. The molecule has 0 atom stereocenters. The highest BCUT2D eigenvalue weighted by Crippen LogP contribution is 2.27. The predicted molar refractivity (Wildman–Crippen MR) is 144 cm³/mol. The molecule has 0 amide bonds. The Morgan fingerprint density at radius 3 is 2.89 bits per heavy atom. The normalized spacial score (nSPS) is 17.8. The molecule has 1 fully saturated rings. The smallest absolute Gasteiger partial charge is 0.227 e. The van der Waals surface area contributed by atoms with E-state index in [0.717, 1.165) is 91.6 Å². The quantitative estimate of drug-likeness (QED) is 0.515. The SMILES string of the molecule is Cc1cnc2nc1-c1ccnc(c1)CCC/C=C/COCc1cc(cc(OCCN3CCOCC3)c1)N2. The molecule has 1 aromatic carbocycles. The Morgan fingerprint density at radius 1 is 1.05 bits per heavy atom. The Balaban J connectivity index is 1.39. The van der Waals surface area contributed by atoms with Crippen molar-refractivity contribution < 1.29 is 14.2 Å². The Hall–Kier alpha value is -3.33. The summed E-state index contributed by atoms with van der Waals surface area (Å²) >= 11 is 0. The van der Waals surface area contributed by atoms with Crippen LogP contribution in [-0.2, 0) is 22.5 Å². The van der Waals surface area contributed by atoms with Gasteiger partial charge in [-0.05, 0) is 61.6 Å². The number of nitrogens with zero attached hydrogens (tertiary/aromatic N) is 4. The molecule has 0 unspecified atom stereocenters. The van der Waals surface area contributed by atoms with Crippen LogP contribution >= 0.6 is 0 Å². The fraction of sp³-hybridized carbons (Fsp3) is 0.414. The first-order valence-electron chi connectivity index (χ1n) is 13.1. The Labute approximate surface area is 218 Å². The van der Waals surface area contributed by atoms with Crippen LogP contribution in [0.2, 0.25) is 0 Å². The van der Waals surface area contributed by atoms with Crippen molar-refractivity contribution in [3.05, 3.63) is 71.7 Å². The van der Waals surface area contributed by atoms with Crippen LogP contribution in [0.4, 0.5) is 11.6 Å². The van der Waals surface area contributed by atoms with Crippen molar-refractivity contribution in [2.45, 2.75) is 32.8 Å². The van der Waals surface area contributed by atoms with E-state index in [0.29, 0.717) is 25.8 Å². The van der Waals surface area contributed by atoms with Gasteiger partial charge in [0, 0.05) is 55.0 Å². The summed E-state index contributed by atoms with van der Waals surface area (Å²) in [6, 6.07) is 10.3. The zero-order chi connectivity index (χ0) is 25.3. The van der Waals surface area contributed by atoms with Crippen molar-refractivity contribution in [3.63, 3.8) is 0 Å². The molecule has 1 N–H and O–H groups in total. The van der Waals surface area contributed by atoms with E-state index in [1.807, 2.05) is 37.5 Å². The maximum atomic E-state index is 6.17. The number of aromatic nitrogens is 3. The minimum atomic E-state index is 0.494. The van der Waals surface area contributed by atoms with E-state index >= 15 is 0 Å². The van der Waals surface area contributed by atoms with Crippen LogP contribution in [0.5, 0.6) is 5.75 Å². The van der Waals surface area contributed by atoms with Gasteiger partial charge in [-0.3, -0.25) is 9.88 Å². The van der Waals surface area contributed by atoms with E-state index in [1.165, 1.54) is 0 Å². The molecule has 0 radical (unpaired) electrons. The molecular formula is C29H35N5O3. The molecule has 2 aliphatic rings.